The van der Waals surface area contributed by atoms with Gasteiger partial charge in [-0.3, -0.25) is 4.79 Å². The third kappa shape index (κ3) is 7.11. The van der Waals surface area contributed by atoms with Crippen molar-refractivity contribution in [3.05, 3.63) is 23.8 Å². The minimum absolute atomic E-state index is 0.00613. The molecule has 138 valence electrons. The standard InChI is InChI=1S/C17H25N3O5/c1-11(21)19-14-10-12(6-7-13(14)15(22)23)18-8-9-20(5)16(24)25-17(2,3)4/h6-7,10,18H,8-9H2,1-5H3,(H,19,21)(H,22,23). The van der Waals surface area contributed by atoms with Crippen molar-refractivity contribution in [2.24, 2.45) is 0 Å². The Morgan fingerprint density at radius 2 is 1.88 bits per heavy atom. The highest BCUT2D eigenvalue weighted by Gasteiger charge is 2.19. The van der Waals surface area contributed by atoms with Gasteiger partial charge in [-0.2, -0.15) is 0 Å². The molecule has 8 heteroatoms. The van der Waals surface area contributed by atoms with Crippen molar-refractivity contribution in [2.45, 2.75) is 33.3 Å². The molecule has 25 heavy (non-hydrogen) atoms. The highest BCUT2D eigenvalue weighted by Crippen LogP contribution is 2.21. The van der Waals surface area contributed by atoms with Crippen LogP contribution < -0.4 is 10.6 Å². The Morgan fingerprint density at radius 1 is 1.24 bits per heavy atom. The maximum Gasteiger partial charge on any atom is 0.410 e. The number of hydrogen-bond acceptors (Lipinski definition) is 5. The van der Waals surface area contributed by atoms with E-state index < -0.39 is 17.7 Å². The molecule has 0 unspecified atom stereocenters. The lowest BCUT2D eigenvalue weighted by Gasteiger charge is -2.24. The fourth-order valence-electron chi connectivity index (χ4n) is 1.93. The van der Waals surface area contributed by atoms with Gasteiger partial charge in [-0.15, -0.1) is 0 Å². The molecule has 0 heterocycles. The van der Waals surface area contributed by atoms with Crippen molar-refractivity contribution in [3.8, 4) is 0 Å². The average Bonchev–Trinajstić information content (AvgIpc) is 2.44. The zero-order valence-electron chi connectivity index (χ0n) is 15.2. The topological polar surface area (TPSA) is 108 Å². The number of benzene rings is 1. The predicted molar refractivity (Wildman–Crippen MR) is 95.1 cm³/mol. The van der Waals surface area contributed by atoms with Gasteiger partial charge in [-0.25, -0.2) is 9.59 Å². The van der Waals surface area contributed by atoms with Crippen LogP contribution in [0.1, 0.15) is 38.1 Å². The molecular formula is C17H25N3O5. The highest BCUT2D eigenvalue weighted by atomic mass is 16.6. The third-order valence-corrected chi connectivity index (χ3v) is 3.04. The number of carbonyl (C=O) groups excluding carboxylic acids is 2. The molecule has 0 atom stereocenters. The zero-order valence-corrected chi connectivity index (χ0v) is 15.2. The van der Waals surface area contributed by atoms with Crippen LogP contribution in [0.3, 0.4) is 0 Å². The van der Waals surface area contributed by atoms with Gasteiger partial charge in [0.2, 0.25) is 5.91 Å². The Hall–Kier alpha value is -2.77. The van der Waals surface area contributed by atoms with Crippen LogP contribution >= 0.6 is 0 Å². The molecule has 0 aromatic heterocycles. The van der Waals surface area contributed by atoms with Crippen LogP contribution in [0.25, 0.3) is 0 Å². The summed E-state index contributed by atoms with van der Waals surface area (Å²) in [5.41, 5.74) is 0.294. The molecule has 0 bridgehead atoms. The van der Waals surface area contributed by atoms with E-state index in [4.69, 9.17) is 9.84 Å². The predicted octanol–water partition coefficient (Wildman–Crippen LogP) is 2.62. The van der Waals surface area contributed by atoms with Crippen LogP contribution in [0, 0.1) is 0 Å². The minimum Gasteiger partial charge on any atom is -0.478 e. The summed E-state index contributed by atoms with van der Waals surface area (Å²) in [6.45, 7) is 7.52. The lowest BCUT2D eigenvalue weighted by Crippen LogP contribution is -2.36. The number of anilines is 2. The number of carboxylic acids is 1. The molecule has 0 aliphatic heterocycles. The second-order valence-corrected chi connectivity index (χ2v) is 6.58. The summed E-state index contributed by atoms with van der Waals surface area (Å²) >= 11 is 0. The minimum atomic E-state index is -1.13. The van der Waals surface area contributed by atoms with E-state index >= 15 is 0 Å². The molecule has 1 rings (SSSR count). The third-order valence-electron chi connectivity index (χ3n) is 3.04. The number of carboxylic acid groups (broad SMARTS) is 1. The number of rotatable bonds is 6. The molecule has 0 fully saturated rings. The van der Waals surface area contributed by atoms with Crippen LogP contribution in [0.5, 0.6) is 0 Å². The van der Waals surface area contributed by atoms with Gasteiger partial charge in [0.1, 0.15) is 5.60 Å². The maximum absolute atomic E-state index is 11.9. The van der Waals surface area contributed by atoms with E-state index in [0.717, 1.165) is 0 Å². The quantitative estimate of drug-likeness (QED) is 0.727. The van der Waals surface area contributed by atoms with Gasteiger partial charge in [0.15, 0.2) is 0 Å². The van der Waals surface area contributed by atoms with Crippen LogP contribution in [0.2, 0.25) is 0 Å². The fraction of sp³-hybridized carbons (Fsp3) is 0.471. The lowest BCUT2D eigenvalue weighted by atomic mass is 10.1. The zero-order chi connectivity index (χ0) is 19.2. The van der Waals surface area contributed by atoms with Gasteiger partial charge in [0, 0.05) is 32.7 Å². The Balaban J connectivity index is 2.67. The number of likely N-dealkylation sites (N-methyl/N-ethyl adjacent to an activating group) is 1. The summed E-state index contributed by atoms with van der Waals surface area (Å²) in [6.07, 6.45) is -0.422. The first-order valence-electron chi connectivity index (χ1n) is 7.82. The summed E-state index contributed by atoms with van der Waals surface area (Å²) < 4.78 is 5.25. The van der Waals surface area contributed by atoms with Gasteiger partial charge in [-0.05, 0) is 39.0 Å². The molecule has 8 nitrogen and oxygen atoms in total. The van der Waals surface area contributed by atoms with Crippen molar-refractivity contribution in [1.29, 1.82) is 0 Å². The summed E-state index contributed by atoms with van der Waals surface area (Å²) in [5.74, 6) is -1.48. The molecule has 0 saturated carbocycles. The van der Waals surface area contributed by atoms with E-state index in [1.807, 2.05) is 0 Å². The van der Waals surface area contributed by atoms with Gasteiger partial charge < -0.3 is 25.4 Å². The highest BCUT2D eigenvalue weighted by molar-refractivity contribution is 6.00. The van der Waals surface area contributed by atoms with E-state index in [9.17, 15) is 14.4 Å². The number of ether oxygens (including phenoxy) is 1. The van der Waals surface area contributed by atoms with Crippen LogP contribution in [-0.2, 0) is 9.53 Å². The monoisotopic (exact) mass is 351 g/mol. The molecule has 0 saturated heterocycles. The molecule has 1 aromatic rings. The van der Waals surface area contributed by atoms with E-state index in [1.54, 1.807) is 40.0 Å². The second-order valence-electron chi connectivity index (χ2n) is 6.58. The normalized spacial score (nSPS) is 10.8. The van der Waals surface area contributed by atoms with Crippen LogP contribution in [-0.4, -0.2) is 53.7 Å². The number of amides is 2. The fourth-order valence-corrected chi connectivity index (χ4v) is 1.93. The Labute approximate surface area is 147 Å². The van der Waals surface area contributed by atoms with Gasteiger partial charge in [0.25, 0.3) is 0 Å². The molecule has 0 radical (unpaired) electrons. The smallest absolute Gasteiger partial charge is 0.410 e. The number of aromatic carboxylic acids is 1. The van der Waals surface area contributed by atoms with Gasteiger partial charge in [-0.1, -0.05) is 0 Å². The SMILES string of the molecule is CC(=O)Nc1cc(NCCN(C)C(=O)OC(C)(C)C)ccc1C(=O)O. The van der Waals surface area contributed by atoms with Gasteiger partial charge >= 0.3 is 12.1 Å². The van der Waals surface area contributed by atoms with E-state index in [0.29, 0.717) is 18.8 Å². The van der Waals surface area contributed by atoms with E-state index in [2.05, 4.69) is 10.6 Å². The summed E-state index contributed by atoms with van der Waals surface area (Å²) in [6, 6.07) is 4.55. The van der Waals surface area contributed by atoms with E-state index in [-0.39, 0.29) is 17.2 Å². The van der Waals surface area contributed by atoms with Crippen LogP contribution in [0.15, 0.2) is 18.2 Å². The van der Waals surface area contributed by atoms with Crippen molar-refractivity contribution in [3.63, 3.8) is 0 Å². The van der Waals surface area contributed by atoms with Crippen molar-refractivity contribution >= 4 is 29.3 Å². The Kier molecular flexibility index (Phi) is 6.78. The second kappa shape index (κ2) is 8.36. The first kappa shape index (κ1) is 20.3. The molecule has 1 aromatic carbocycles. The number of nitrogens with one attached hydrogen (secondary N) is 2. The Bertz CT molecular complexity index is 652. The molecule has 0 aliphatic carbocycles. The van der Waals surface area contributed by atoms with Crippen molar-refractivity contribution in [2.75, 3.05) is 30.8 Å². The molecule has 0 spiro atoms. The maximum atomic E-state index is 11.9. The van der Waals surface area contributed by atoms with Gasteiger partial charge in [0.05, 0.1) is 11.3 Å². The first-order chi connectivity index (χ1) is 11.5. The van der Waals surface area contributed by atoms with Crippen LogP contribution in [0.4, 0.5) is 16.2 Å². The first-order valence-corrected chi connectivity index (χ1v) is 7.82. The molecule has 0 aliphatic rings. The summed E-state index contributed by atoms with van der Waals surface area (Å²) in [7, 11) is 1.63. The van der Waals surface area contributed by atoms with Crippen molar-refractivity contribution in [1.82, 2.24) is 4.90 Å². The largest absolute Gasteiger partial charge is 0.478 e. The summed E-state index contributed by atoms with van der Waals surface area (Å²) in [4.78, 5) is 35.7. The average molecular weight is 351 g/mol. The van der Waals surface area contributed by atoms with Crippen molar-refractivity contribution < 1.29 is 24.2 Å². The molecule has 3 N–H and O–H groups in total. The number of nitrogens with zero attached hydrogens (tertiary/aromatic N) is 1. The number of carbonyl (C=O) groups is 3. The Morgan fingerprint density at radius 3 is 2.40 bits per heavy atom. The lowest BCUT2D eigenvalue weighted by molar-refractivity contribution is -0.114. The summed E-state index contributed by atoms with van der Waals surface area (Å²) in [5, 5.41) is 14.7. The number of hydrogen-bond donors (Lipinski definition) is 3. The molecular weight excluding hydrogens is 326 g/mol. The molecule has 2 amide bonds. The van der Waals surface area contributed by atoms with E-state index in [1.165, 1.54) is 17.9 Å².